The van der Waals surface area contributed by atoms with Crippen molar-refractivity contribution in [3.8, 4) is 11.5 Å². The van der Waals surface area contributed by atoms with Crippen LogP contribution >= 0.6 is 11.8 Å². The lowest BCUT2D eigenvalue weighted by molar-refractivity contribution is -0.124. The number of benzene rings is 1. The van der Waals surface area contributed by atoms with Crippen LogP contribution in [0.2, 0.25) is 0 Å². The molecule has 148 valence electrons. The molecule has 7 heteroatoms. The minimum atomic E-state index is 0.0225. The lowest BCUT2D eigenvalue weighted by Gasteiger charge is -2.30. The Morgan fingerprint density at radius 3 is 2.79 bits per heavy atom. The molecular formula is C22H21N3O3S. The fourth-order valence-electron chi connectivity index (χ4n) is 3.90. The van der Waals surface area contributed by atoms with Gasteiger partial charge in [-0.05, 0) is 60.5 Å². The van der Waals surface area contributed by atoms with Crippen molar-refractivity contribution in [3.05, 3.63) is 53.1 Å². The molecule has 1 saturated heterocycles. The summed E-state index contributed by atoms with van der Waals surface area (Å²) in [6, 6.07) is 11.5. The molecule has 0 radical (unpaired) electrons. The highest BCUT2D eigenvalue weighted by atomic mass is 32.2. The normalized spacial score (nSPS) is 22.1. The van der Waals surface area contributed by atoms with Crippen LogP contribution in [0.15, 0.2) is 52.5 Å². The molecule has 0 N–H and O–H groups in total. The van der Waals surface area contributed by atoms with Gasteiger partial charge in [-0.25, -0.2) is 9.98 Å². The molecule has 1 aliphatic carbocycles. The van der Waals surface area contributed by atoms with Gasteiger partial charge < -0.3 is 9.47 Å². The maximum atomic E-state index is 13.3. The maximum absolute atomic E-state index is 13.3. The molecule has 2 aliphatic heterocycles. The van der Waals surface area contributed by atoms with E-state index in [-0.39, 0.29) is 18.7 Å². The number of thioether (sulfide) groups is 1. The van der Waals surface area contributed by atoms with Crippen LogP contribution < -0.4 is 9.47 Å². The van der Waals surface area contributed by atoms with E-state index in [0.717, 1.165) is 37.0 Å². The summed E-state index contributed by atoms with van der Waals surface area (Å²) in [5.41, 5.74) is 0.910. The van der Waals surface area contributed by atoms with Crippen LogP contribution in [0, 0.1) is 0 Å². The molecule has 0 bridgehead atoms. The highest BCUT2D eigenvalue weighted by Gasteiger charge is 2.38. The molecule has 3 heterocycles. The summed E-state index contributed by atoms with van der Waals surface area (Å²) in [5.74, 6) is 2.09. The van der Waals surface area contributed by atoms with Crippen LogP contribution in [0.4, 0.5) is 5.82 Å². The van der Waals surface area contributed by atoms with E-state index in [4.69, 9.17) is 14.5 Å². The molecule has 29 heavy (non-hydrogen) atoms. The van der Waals surface area contributed by atoms with E-state index in [2.05, 4.69) is 4.98 Å². The first-order valence-corrected chi connectivity index (χ1v) is 10.7. The number of hydrogen-bond acceptors (Lipinski definition) is 6. The highest BCUT2D eigenvalue weighted by Crippen LogP contribution is 2.39. The van der Waals surface area contributed by atoms with Crippen molar-refractivity contribution in [1.29, 1.82) is 0 Å². The number of carbonyl (C=O) groups is 1. The van der Waals surface area contributed by atoms with Crippen molar-refractivity contribution in [2.45, 2.75) is 38.1 Å². The molecule has 6 nitrogen and oxygen atoms in total. The summed E-state index contributed by atoms with van der Waals surface area (Å²) in [7, 11) is 0. The Hall–Kier alpha value is -2.80. The molecule has 1 amide bonds. The average molecular weight is 407 g/mol. The van der Waals surface area contributed by atoms with E-state index in [1.807, 2.05) is 47.4 Å². The van der Waals surface area contributed by atoms with E-state index < -0.39 is 0 Å². The van der Waals surface area contributed by atoms with E-state index in [9.17, 15) is 4.79 Å². The number of aromatic nitrogens is 1. The fourth-order valence-corrected chi connectivity index (χ4v) is 4.94. The quantitative estimate of drug-likeness (QED) is 0.687. The van der Waals surface area contributed by atoms with Crippen LogP contribution in [0.25, 0.3) is 6.08 Å². The van der Waals surface area contributed by atoms with Crippen molar-refractivity contribution >= 4 is 34.7 Å². The number of nitrogens with zero attached hydrogens (tertiary/aromatic N) is 3. The summed E-state index contributed by atoms with van der Waals surface area (Å²) in [4.78, 5) is 24.9. The standard InChI is InChI=1S/C22H21N3O3S/c26-21-19(13-15-9-10-17-18(12-15)28-14-27-17)29-22(24-20-8-4-5-11-23-20)25(21)16-6-2-1-3-7-16/h4-5,8-13,16H,1-3,6-7,14H2/b19-13-,24-22+. The van der Waals surface area contributed by atoms with Gasteiger partial charge in [-0.15, -0.1) is 0 Å². The number of rotatable bonds is 3. The number of ether oxygens (including phenoxy) is 2. The van der Waals surface area contributed by atoms with Crippen LogP contribution in [-0.4, -0.2) is 33.8 Å². The molecule has 0 atom stereocenters. The van der Waals surface area contributed by atoms with Crippen molar-refractivity contribution in [2.75, 3.05) is 6.79 Å². The summed E-state index contributed by atoms with van der Waals surface area (Å²) < 4.78 is 10.8. The molecule has 1 saturated carbocycles. The molecule has 3 aliphatic rings. The van der Waals surface area contributed by atoms with Gasteiger partial charge >= 0.3 is 0 Å². The second-order valence-corrected chi connectivity index (χ2v) is 8.28. The van der Waals surface area contributed by atoms with Gasteiger partial charge in [0.25, 0.3) is 5.91 Å². The van der Waals surface area contributed by atoms with Gasteiger partial charge in [0.15, 0.2) is 22.5 Å². The van der Waals surface area contributed by atoms with Crippen molar-refractivity contribution in [3.63, 3.8) is 0 Å². The summed E-state index contributed by atoms with van der Waals surface area (Å²) in [6.45, 7) is 0.235. The van der Waals surface area contributed by atoms with Crippen molar-refractivity contribution in [1.82, 2.24) is 9.88 Å². The van der Waals surface area contributed by atoms with Crippen LogP contribution in [-0.2, 0) is 4.79 Å². The highest BCUT2D eigenvalue weighted by molar-refractivity contribution is 8.18. The third kappa shape index (κ3) is 3.74. The van der Waals surface area contributed by atoms with Gasteiger partial charge in [-0.2, -0.15) is 0 Å². The summed E-state index contributed by atoms with van der Waals surface area (Å²) in [5, 5.41) is 0.715. The van der Waals surface area contributed by atoms with Gasteiger partial charge in [-0.3, -0.25) is 9.69 Å². The Bertz CT molecular complexity index is 984. The third-order valence-electron chi connectivity index (χ3n) is 5.33. The molecule has 0 unspecified atom stereocenters. The predicted octanol–water partition coefficient (Wildman–Crippen LogP) is 4.75. The first kappa shape index (κ1) is 18.2. The fraction of sp³-hybridized carbons (Fsp3) is 0.318. The maximum Gasteiger partial charge on any atom is 0.267 e. The largest absolute Gasteiger partial charge is 0.454 e. The number of fused-ring (bicyclic) bond motifs is 1. The van der Waals surface area contributed by atoms with Crippen LogP contribution in [0.1, 0.15) is 37.7 Å². The zero-order chi connectivity index (χ0) is 19.6. The van der Waals surface area contributed by atoms with Gasteiger partial charge in [0, 0.05) is 12.2 Å². The Morgan fingerprint density at radius 2 is 1.97 bits per heavy atom. The topological polar surface area (TPSA) is 64.0 Å². The Labute approximate surface area is 173 Å². The van der Waals surface area contributed by atoms with Gasteiger partial charge in [-0.1, -0.05) is 31.4 Å². The van der Waals surface area contributed by atoms with Crippen molar-refractivity contribution in [2.24, 2.45) is 4.99 Å². The first-order chi connectivity index (χ1) is 14.3. The minimum Gasteiger partial charge on any atom is -0.454 e. The SMILES string of the molecule is O=C1/C(=C/c2ccc3c(c2)OCO3)S/C(=N/c2ccccn2)N1C1CCCCC1. The van der Waals surface area contributed by atoms with Crippen molar-refractivity contribution < 1.29 is 14.3 Å². The lowest BCUT2D eigenvalue weighted by atomic mass is 9.94. The first-order valence-electron chi connectivity index (χ1n) is 9.90. The number of pyridine rings is 1. The minimum absolute atomic E-state index is 0.0225. The Balaban J connectivity index is 1.49. The summed E-state index contributed by atoms with van der Waals surface area (Å²) >= 11 is 1.42. The summed E-state index contributed by atoms with van der Waals surface area (Å²) in [6.07, 6.45) is 9.20. The van der Waals surface area contributed by atoms with Gasteiger partial charge in [0.1, 0.15) is 0 Å². The number of amides is 1. The van der Waals surface area contributed by atoms with E-state index >= 15 is 0 Å². The lowest BCUT2D eigenvalue weighted by Crippen LogP contribution is -2.40. The molecule has 2 aromatic rings. The van der Waals surface area contributed by atoms with Crippen LogP contribution in [0.5, 0.6) is 11.5 Å². The Kier molecular flexibility index (Phi) is 4.97. The molecule has 5 rings (SSSR count). The second-order valence-electron chi connectivity index (χ2n) is 7.27. The van der Waals surface area contributed by atoms with E-state index in [1.54, 1.807) is 6.20 Å². The number of carbonyl (C=O) groups excluding carboxylic acids is 1. The van der Waals surface area contributed by atoms with E-state index in [1.165, 1.54) is 18.2 Å². The third-order valence-corrected chi connectivity index (χ3v) is 6.31. The molecule has 0 spiro atoms. The number of aliphatic imine (C=N–C) groups is 1. The second kappa shape index (κ2) is 7.91. The molecule has 2 fully saturated rings. The Morgan fingerprint density at radius 1 is 1.10 bits per heavy atom. The van der Waals surface area contributed by atoms with Gasteiger partial charge in [0.2, 0.25) is 6.79 Å². The average Bonchev–Trinajstić information content (AvgIpc) is 3.34. The predicted molar refractivity (Wildman–Crippen MR) is 113 cm³/mol. The zero-order valence-corrected chi connectivity index (χ0v) is 16.7. The molecular weight excluding hydrogens is 386 g/mol. The molecule has 1 aromatic heterocycles. The monoisotopic (exact) mass is 407 g/mol. The van der Waals surface area contributed by atoms with E-state index in [0.29, 0.717) is 21.6 Å². The van der Waals surface area contributed by atoms with Gasteiger partial charge in [0.05, 0.1) is 4.91 Å². The zero-order valence-electron chi connectivity index (χ0n) is 15.9. The van der Waals surface area contributed by atoms with Crippen LogP contribution in [0.3, 0.4) is 0 Å². The number of hydrogen-bond donors (Lipinski definition) is 0. The number of amidine groups is 1. The smallest absolute Gasteiger partial charge is 0.267 e. The molecule has 1 aromatic carbocycles.